The third-order valence-corrected chi connectivity index (χ3v) is 8.59. The molecule has 1 aliphatic rings. The number of nitrogens with zero attached hydrogens (tertiary/aromatic N) is 1. The summed E-state index contributed by atoms with van der Waals surface area (Å²) in [5.74, 6) is -1.49. The molecule has 3 atom stereocenters. The molecule has 1 saturated heterocycles. The minimum absolute atomic E-state index is 0.0126. The molecule has 1 fully saturated rings. The Morgan fingerprint density at radius 1 is 1.18 bits per heavy atom. The third kappa shape index (κ3) is 6.20. The van der Waals surface area contributed by atoms with Gasteiger partial charge in [0.25, 0.3) is 21.8 Å². The van der Waals surface area contributed by atoms with E-state index in [0.717, 1.165) is 9.69 Å². The molecule has 2 heterocycles. The van der Waals surface area contributed by atoms with Gasteiger partial charge < -0.3 is 20.2 Å². The van der Waals surface area contributed by atoms with Crippen molar-refractivity contribution >= 4 is 44.4 Å². The molecular formula is C27H32ClN3O6S. The zero-order valence-electron chi connectivity index (χ0n) is 21.3. The number of para-hydroxylation sites is 1. The molecule has 0 aliphatic carbocycles. The average Bonchev–Trinajstić information content (AvgIpc) is 3.21. The normalized spacial score (nSPS) is 19.2. The number of hydrogen-bond donors (Lipinski definition) is 3. The Balaban J connectivity index is 1.72. The lowest BCUT2D eigenvalue weighted by atomic mass is 10.0. The number of nitrogens with one attached hydrogen (secondary N) is 2. The van der Waals surface area contributed by atoms with Crippen molar-refractivity contribution < 1.29 is 27.5 Å². The number of sulfonamides is 1. The van der Waals surface area contributed by atoms with Crippen molar-refractivity contribution in [1.29, 1.82) is 0 Å². The number of carbonyl (C=O) groups excluding carboxylic acids is 2. The number of amides is 2. The van der Waals surface area contributed by atoms with Crippen molar-refractivity contribution in [3.05, 3.63) is 65.4 Å². The minimum Gasteiger partial charge on any atom is -0.451 e. The first-order valence-corrected chi connectivity index (χ1v) is 14.4. The lowest BCUT2D eigenvalue weighted by Gasteiger charge is -2.35. The van der Waals surface area contributed by atoms with Crippen LogP contribution in [0.2, 0.25) is 5.02 Å². The van der Waals surface area contributed by atoms with Gasteiger partial charge in [-0.05, 0) is 68.1 Å². The van der Waals surface area contributed by atoms with Crippen molar-refractivity contribution in [3.8, 4) is 0 Å². The summed E-state index contributed by atoms with van der Waals surface area (Å²) in [6, 6.07) is 12.0. The zero-order valence-corrected chi connectivity index (χ0v) is 22.8. The van der Waals surface area contributed by atoms with Gasteiger partial charge in [-0.3, -0.25) is 9.59 Å². The van der Waals surface area contributed by atoms with E-state index in [0.29, 0.717) is 23.6 Å². The Bertz CT molecular complexity index is 1360. The van der Waals surface area contributed by atoms with Crippen LogP contribution < -0.4 is 10.6 Å². The number of rotatable bonds is 8. The summed E-state index contributed by atoms with van der Waals surface area (Å²) in [4.78, 5) is 27.2. The zero-order chi connectivity index (χ0) is 27.4. The number of furan rings is 1. The Hall–Kier alpha value is -2.92. The molecule has 3 aromatic rings. The molecule has 0 spiro atoms. The topological polar surface area (TPSA) is 129 Å². The number of β-amino-alcohol motifs (C(OH)–C–C–N with tert-alkyl or cyclic N) is 1. The number of aliphatic hydroxyl groups is 1. The second-order valence-corrected chi connectivity index (χ2v) is 12.1. The molecule has 1 aromatic heterocycles. The van der Waals surface area contributed by atoms with Crippen molar-refractivity contribution in [2.45, 2.75) is 56.2 Å². The predicted molar refractivity (Wildman–Crippen MR) is 144 cm³/mol. The number of aliphatic hydroxyl groups excluding tert-OH is 1. The highest BCUT2D eigenvalue weighted by molar-refractivity contribution is 7.89. The van der Waals surface area contributed by atoms with Gasteiger partial charge in [0.1, 0.15) is 11.6 Å². The number of carbonyl (C=O) groups is 2. The summed E-state index contributed by atoms with van der Waals surface area (Å²) in [6.07, 6.45) is -0.131. The lowest BCUT2D eigenvalue weighted by molar-refractivity contribution is -0.132. The van der Waals surface area contributed by atoms with Crippen molar-refractivity contribution in [2.75, 3.05) is 13.1 Å². The minimum atomic E-state index is -4.40. The van der Waals surface area contributed by atoms with Gasteiger partial charge in [0.15, 0.2) is 5.76 Å². The molecule has 0 saturated carbocycles. The van der Waals surface area contributed by atoms with E-state index in [9.17, 15) is 23.1 Å². The van der Waals surface area contributed by atoms with Crippen LogP contribution in [0.15, 0.2) is 63.9 Å². The highest BCUT2D eigenvalue weighted by Crippen LogP contribution is 2.27. The quantitative estimate of drug-likeness (QED) is 0.383. The first-order chi connectivity index (χ1) is 18.1. The summed E-state index contributed by atoms with van der Waals surface area (Å²) >= 11 is 5.97. The molecule has 2 amide bonds. The largest absolute Gasteiger partial charge is 0.451 e. The van der Waals surface area contributed by atoms with Gasteiger partial charge in [-0.1, -0.05) is 43.6 Å². The maximum absolute atomic E-state index is 14.1. The van der Waals surface area contributed by atoms with E-state index in [-0.39, 0.29) is 36.0 Å². The first-order valence-electron chi connectivity index (χ1n) is 12.6. The Kier molecular flexibility index (Phi) is 8.77. The third-order valence-electron chi connectivity index (χ3n) is 6.50. The van der Waals surface area contributed by atoms with Gasteiger partial charge in [0.05, 0.1) is 17.0 Å². The van der Waals surface area contributed by atoms with Crippen LogP contribution in [-0.2, 0) is 14.8 Å². The van der Waals surface area contributed by atoms with Gasteiger partial charge in [-0.15, -0.1) is 0 Å². The SMILES string of the molecule is CC(C)CC(NC(=O)c1cc2ccccc2o1)C(=O)N(C1CCCNC[C@@H]1O)S(=O)(=O)c1ccc(Cl)cc1. The predicted octanol–water partition coefficient (Wildman–Crippen LogP) is 3.56. The number of benzene rings is 2. The monoisotopic (exact) mass is 561 g/mol. The van der Waals surface area contributed by atoms with Gasteiger partial charge in [0.2, 0.25) is 0 Å². The van der Waals surface area contributed by atoms with Crippen LogP contribution in [-0.4, -0.2) is 60.9 Å². The van der Waals surface area contributed by atoms with E-state index < -0.39 is 40.0 Å². The maximum atomic E-state index is 14.1. The first kappa shape index (κ1) is 28.1. The summed E-state index contributed by atoms with van der Waals surface area (Å²) in [5, 5.41) is 17.7. The molecule has 9 nitrogen and oxygen atoms in total. The van der Waals surface area contributed by atoms with E-state index in [4.69, 9.17) is 16.0 Å². The van der Waals surface area contributed by atoms with Crippen LogP contribution in [0, 0.1) is 5.92 Å². The summed E-state index contributed by atoms with van der Waals surface area (Å²) in [6.45, 7) is 4.45. The van der Waals surface area contributed by atoms with Crippen LogP contribution in [0.25, 0.3) is 11.0 Å². The van der Waals surface area contributed by atoms with Crippen LogP contribution in [0.3, 0.4) is 0 Å². The van der Waals surface area contributed by atoms with Crippen LogP contribution in [0.5, 0.6) is 0 Å². The fraction of sp³-hybridized carbons (Fsp3) is 0.407. The van der Waals surface area contributed by atoms with E-state index >= 15 is 0 Å². The van der Waals surface area contributed by atoms with Crippen LogP contribution >= 0.6 is 11.6 Å². The fourth-order valence-electron chi connectivity index (χ4n) is 4.64. The highest BCUT2D eigenvalue weighted by Gasteiger charge is 2.43. The van der Waals surface area contributed by atoms with Gasteiger partial charge in [0, 0.05) is 17.0 Å². The molecule has 2 unspecified atom stereocenters. The summed E-state index contributed by atoms with van der Waals surface area (Å²) < 4.78 is 34.2. The molecule has 4 rings (SSSR count). The highest BCUT2D eigenvalue weighted by atomic mass is 35.5. The number of fused-ring (bicyclic) bond motifs is 1. The lowest BCUT2D eigenvalue weighted by Crippen LogP contribution is -2.57. The molecule has 11 heteroatoms. The molecule has 3 N–H and O–H groups in total. The second kappa shape index (κ2) is 11.9. The van der Waals surface area contributed by atoms with E-state index in [1.54, 1.807) is 24.3 Å². The van der Waals surface area contributed by atoms with Gasteiger partial charge in [-0.2, -0.15) is 0 Å². The molecule has 204 valence electrons. The number of hydrogen-bond acceptors (Lipinski definition) is 7. The second-order valence-electron chi connectivity index (χ2n) is 9.88. The smallest absolute Gasteiger partial charge is 0.287 e. The summed E-state index contributed by atoms with van der Waals surface area (Å²) in [5.41, 5.74) is 0.519. The van der Waals surface area contributed by atoms with Gasteiger partial charge >= 0.3 is 0 Å². The molecule has 0 bridgehead atoms. The van der Waals surface area contributed by atoms with E-state index in [2.05, 4.69) is 10.6 Å². The molecule has 38 heavy (non-hydrogen) atoms. The average molecular weight is 562 g/mol. The Labute approximate surface area is 227 Å². The van der Waals surface area contributed by atoms with Crippen LogP contribution in [0.1, 0.15) is 43.7 Å². The van der Waals surface area contributed by atoms with Crippen molar-refractivity contribution in [1.82, 2.24) is 14.9 Å². The number of halogens is 1. The Morgan fingerprint density at radius 2 is 1.89 bits per heavy atom. The van der Waals surface area contributed by atoms with Gasteiger partial charge in [-0.25, -0.2) is 12.7 Å². The van der Waals surface area contributed by atoms with Crippen LogP contribution in [0.4, 0.5) is 0 Å². The molecule has 0 radical (unpaired) electrons. The standard InChI is InChI=1S/C27H32ClN3O6S/c1-17(2)14-21(30-26(33)25-15-18-6-3-4-8-24(18)37-25)27(34)31(22-7-5-13-29-16-23(22)32)38(35,36)20-11-9-19(28)10-12-20/h3-4,6,8-12,15,17,21-23,29,32H,5,7,13-14,16H2,1-2H3,(H,30,33)/t21?,22?,23-/m0/s1. The fourth-order valence-corrected chi connectivity index (χ4v) is 6.44. The van der Waals surface area contributed by atoms with Crippen molar-refractivity contribution in [2.24, 2.45) is 5.92 Å². The summed E-state index contributed by atoms with van der Waals surface area (Å²) in [7, 11) is -4.40. The van der Waals surface area contributed by atoms with E-state index in [1.165, 1.54) is 24.3 Å². The molecule has 2 aromatic carbocycles. The molecule has 1 aliphatic heterocycles. The Morgan fingerprint density at radius 3 is 2.58 bits per heavy atom. The molecular weight excluding hydrogens is 530 g/mol. The maximum Gasteiger partial charge on any atom is 0.287 e. The van der Waals surface area contributed by atoms with Crippen molar-refractivity contribution in [3.63, 3.8) is 0 Å². The van der Waals surface area contributed by atoms with E-state index in [1.807, 2.05) is 19.9 Å².